The lowest BCUT2D eigenvalue weighted by molar-refractivity contribution is -0.146. The standard InChI is InChI=1S/C30H38ClN3O4/c1-29-16-17-30(38-29)24(23(29)26(35)32-21-8-4-2-5-9-21)28(37)34(18-19-12-14-20(31)15-13-19)25(30)27(36)33-22-10-6-3-7-11-22/h12-17,21-25H,2-11,18H2,1H3,(H,32,35)(H,33,36)/t23-,24-,25+,29-,30+/m0/s1. The van der Waals surface area contributed by atoms with Crippen LogP contribution in [0.25, 0.3) is 0 Å². The summed E-state index contributed by atoms with van der Waals surface area (Å²) in [5.41, 5.74) is -1.21. The summed E-state index contributed by atoms with van der Waals surface area (Å²) in [6.07, 6.45) is 14.4. The van der Waals surface area contributed by atoms with Crippen LogP contribution in [0.2, 0.25) is 5.02 Å². The summed E-state index contributed by atoms with van der Waals surface area (Å²) in [5, 5.41) is 7.10. The molecule has 3 amide bonds. The van der Waals surface area contributed by atoms with Crippen molar-refractivity contribution in [1.82, 2.24) is 15.5 Å². The van der Waals surface area contributed by atoms with Gasteiger partial charge in [-0.1, -0.05) is 74.4 Å². The molecule has 6 rings (SSSR count). The minimum atomic E-state index is -1.16. The van der Waals surface area contributed by atoms with Crippen LogP contribution in [-0.4, -0.2) is 51.9 Å². The Kier molecular flexibility index (Phi) is 6.79. The van der Waals surface area contributed by atoms with Crippen molar-refractivity contribution in [3.63, 3.8) is 0 Å². The number of nitrogens with one attached hydrogen (secondary N) is 2. The number of fused-ring (bicyclic) bond motifs is 1. The first kappa shape index (κ1) is 25.9. The lowest BCUT2D eigenvalue weighted by Gasteiger charge is -2.34. The van der Waals surface area contributed by atoms with Gasteiger partial charge in [0.25, 0.3) is 0 Å². The van der Waals surface area contributed by atoms with Gasteiger partial charge in [0.05, 0.1) is 17.4 Å². The van der Waals surface area contributed by atoms with Crippen LogP contribution in [0.1, 0.15) is 76.7 Å². The van der Waals surface area contributed by atoms with Gasteiger partial charge in [0.1, 0.15) is 11.6 Å². The zero-order valence-corrected chi connectivity index (χ0v) is 22.8. The molecule has 1 spiro atoms. The molecule has 2 bridgehead atoms. The molecule has 1 aromatic carbocycles. The number of hydrogen-bond acceptors (Lipinski definition) is 4. The molecule has 2 N–H and O–H groups in total. The van der Waals surface area contributed by atoms with Crippen molar-refractivity contribution in [3.05, 3.63) is 47.0 Å². The van der Waals surface area contributed by atoms with Gasteiger partial charge in [0.15, 0.2) is 0 Å². The number of hydrogen-bond donors (Lipinski definition) is 2. The number of halogens is 1. The molecule has 3 aliphatic heterocycles. The van der Waals surface area contributed by atoms with Gasteiger partial charge in [-0.3, -0.25) is 14.4 Å². The topological polar surface area (TPSA) is 87.7 Å². The maximum absolute atomic E-state index is 14.2. The molecule has 0 unspecified atom stereocenters. The molecule has 5 aliphatic rings. The molecule has 0 radical (unpaired) electrons. The molecule has 38 heavy (non-hydrogen) atoms. The zero-order chi connectivity index (χ0) is 26.5. The van der Waals surface area contributed by atoms with Crippen molar-refractivity contribution >= 4 is 29.3 Å². The SMILES string of the molecule is C[C@@]12C=C[C@@]3(O1)[C@H](C(=O)N(Cc1ccc(Cl)cc1)[C@@H]3C(=O)NC1CCCCC1)[C@H]2C(=O)NC1CCCCC1. The second-order valence-corrected chi connectivity index (χ2v) is 12.5. The van der Waals surface area contributed by atoms with Crippen LogP contribution in [0.3, 0.4) is 0 Å². The summed E-state index contributed by atoms with van der Waals surface area (Å²) < 4.78 is 6.66. The number of benzene rings is 1. The number of nitrogens with zero attached hydrogens (tertiary/aromatic N) is 1. The monoisotopic (exact) mass is 539 g/mol. The van der Waals surface area contributed by atoms with Gasteiger partial charge >= 0.3 is 0 Å². The first-order valence-corrected chi connectivity index (χ1v) is 14.7. The van der Waals surface area contributed by atoms with Crippen molar-refractivity contribution in [3.8, 4) is 0 Å². The highest BCUT2D eigenvalue weighted by Gasteiger charge is 2.76. The van der Waals surface area contributed by atoms with E-state index in [-0.39, 0.29) is 36.3 Å². The number of amides is 3. The van der Waals surface area contributed by atoms with Gasteiger partial charge in [-0.15, -0.1) is 0 Å². The highest BCUT2D eigenvalue weighted by Crippen LogP contribution is 2.60. The Morgan fingerprint density at radius 3 is 2.11 bits per heavy atom. The van der Waals surface area contributed by atoms with Gasteiger partial charge in [-0.05, 0) is 50.3 Å². The quantitative estimate of drug-likeness (QED) is 0.528. The van der Waals surface area contributed by atoms with E-state index in [1.807, 2.05) is 31.2 Å². The average molecular weight is 540 g/mol. The van der Waals surface area contributed by atoms with Gasteiger partial charge in [-0.2, -0.15) is 0 Å². The third kappa shape index (κ3) is 4.36. The van der Waals surface area contributed by atoms with Crippen LogP contribution in [0, 0.1) is 11.8 Å². The molecule has 3 heterocycles. The molecule has 5 atom stereocenters. The molecule has 0 aromatic heterocycles. The van der Waals surface area contributed by atoms with Gasteiger partial charge < -0.3 is 20.3 Å². The molecule has 2 aliphatic carbocycles. The number of carbonyl (C=O) groups is 3. The first-order valence-electron chi connectivity index (χ1n) is 14.4. The summed E-state index contributed by atoms with van der Waals surface area (Å²) in [5.74, 6) is -1.94. The summed E-state index contributed by atoms with van der Waals surface area (Å²) in [6, 6.07) is 6.71. The van der Waals surface area contributed by atoms with E-state index in [1.54, 1.807) is 17.0 Å². The normalized spacial score (nSPS) is 34.9. The predicted octanol–water partition coefficient (Wildman–Crippen LogP) is 4.28. The third-order valence-electron chi connectivity index (χ3n) is 9.50. The summed E-state index contributed by atoms with van der Waals surface area (Å²) >= 11 is 6.10. The smallest absolute Gasteiger partial charge is 0.246 e. The van der Waals surface area contributed by atoms with E-state index >= 15 is 0 Å². The van der Waals surface area contributed by atoms with E-state index in [0.29, 0.717) is 5.02 Å². The van der Waals surface area contributed by atoms with Crippen molar-refractivity contribution in [1.29, 1.82) is 0 Å². The van der Waals surface area contributed by atoms with Crippen molar-refractivity contribution in [2.45, 2.75) is 107 Å². The van der Waals surface area contributed by atoms with Crippen LogP contribution >= 0.6 is 11.6 Å². The Balaban J connectivity index is 1.33. The number of carbonyl (C=O) groups excluding carboxylic acids is 3. The Hall–Kier alpha value is -2.38. The van der Waals surface area contributed by atoms with Gasteiger partial charge in [-0.25, -0.2) is 0 Å². The first-order chi connectivity index (χ1) is 18.3. The van der Waals surface area contributed by atoms with E-state index < -0.39 is 29.1 Å². The number of ether oxygens (including phenoxy) is 1. The van der Waals surface area contributed by atoms with Crippen LogP contribution in [-0.2, 0) is 25.7 Å². The zero-order valence-electron chi connectivity index (χ0n) is 22.1. The molecule has 1 aromatic rings. The second-order valence-electron chi connectivity index (χ2n) is 12.1. The van der Waals surface area contributed by atoms with Crippen LogP contribution in [0.15, 0.2) is 36.4 Å². The van der Waals surface area contributed by atoms with E-state index in [4.69, 9.17) is 16.3 Å². The minimum Gasteiger partial charge on any atom is -0.356 e. The molecular formula is C30H38ClN3O4. The Bertz CT molecular complexity index is 1130. The molecule has 2 saturated heterocycles. The summed E-state index contributed by atoms with van der Waals surface area (Å²) in [4.78, 5) is 43.6. The highest BCUT2D eigenvalue weighted by atomic mass is 35.5. The van der Waals surface area contributed by atoms with Crippen LogP contribution in [0.4, 0.5) is 0 Å². The summed E-state index contributed by atoms with van der Waals surface area (Å²) in [6.45, 7) is 2.14. The molecule has 204 valence electrons. The van der Waals surface area contributed by atoms with E-state index in [0.717, 1.165) is 56.9 Å². The van der Waals surface area contributed by atoms with Crippen molar-refractivity contribution in [2.75, 3.05) is 0 Å². The average Bonchev–Trinajstić information content (AvgIpc) is 3.47. The van der Waals surface area contributed by atoms with Gasteiger partial charge in [0, 0.05) is 23.7 Å². The number of rotatable bonds is 6. The molecular weight excluding hydrogens is 502 g/mol. The van der Waals surface area contributed by atoms with E-state index in [9.17, 15) is 14.4 Å². The fourth-order valence-corrected chi connectivity index (χ4v) is 7.78. The van der Waals surface area contributed by atoms with E-state index in [2.05, 4.69) is 10.6 Å². The van der Waals surface area contributed by atoms with Crippen LogP contribution in [0.5, 0.6) is 0 Å². The molecule has 7 nitrogen and oxygen atoms in total. The molecule has 4 fully saturated rings. The van der Waals surface area contributed by atoms with Crippen molar-refractivity contribution < 1.29 is 19.1 Å². The Morgan fingerprint density at radius 2 is 1.50 bits per heavy atom. The number of likely N-dealkylation sites (tertiary alicyclic amines) is 1. The van der Waals surface area contributed by atoms with Gasteiger partial charge in [0.2, 0.25) is 17.7 Å². The maximum atomic E-state index is 14.2. The lowest BCUT2D eigenvalue weighted by Crippen LogP contribution is -2.56. The fraction of sp³-hybridized carbons (Fsp3) is 0.633. The fourth-order valence-electron chi connectivity index (χ4n) is 7.65. The molecule has 8 heteroatoms. The Morgan fingerprint density at radius 1 is 0.921 bits per heavy atom. The Labute approximate surface area is 229 Å². The lowest BCUT2D eigenvalue weighted by atomic mass is 9.70. The maximum Gasteiger partial charge on any atom is 0.246 e. The van der Waals surface area contributed by atoms with Crippen molar-refractivity contribution in [2.24, 2.45) is 11.8 Å². The van der Waals surface area contributed by atoms with E-state index in [1.165, 1.54) is 12.8 Å². The third-order valence-corrected chi connectivity index (χ3v) is 9.75. The molecule has 2 saturated carbocycles. The minimum absolute atomic E-state index is 0.0998. The van der Waals surface area contributed by atoms with Crippen LogP contribution < -0.4 is 10.6 Å². The highest BCUT2D eigenvalue weighted by molar-refractivity contribution is 6.30. The largest absolute Gasteiger partial charge is 0.356 e. The predicted molar refractivity (Wildman–Crippen MR) is 144 cm³/mol. The summed E-state index contributed by atoms with van der Waals surface area (Å²) in [7, 11) is 0. The second kappa shape index (κ2) is 9.98.